The predicted molar refractivity (Wildman–Crippen MR) is 120 cm³/mol. The maximum Gasteiger partial charge on any atom is 0.287 e. The van der Waals surface area contributed by atoms with Crippen LogP contribution in [-0.4, -0.2) is 30.4 Å². The van der Waals surface area contributed by atoms with Crippen molar-refractivity contribution in [1.29, 1.82) is 0 Å². The molecule has 5 heteroatoms. The lowest BCUT2D eigenvalue weighted by Gasteiger charge is -2.30. The van der Waals surface area contributed by atoms with Gasteiger partial charge in [0.15, 0.2) is 5.76 Å². The Kier molecular flexibility index (Phi) is 6.07. The highest BCUT2D eigenvalue weighted by Gasteiger charge is 2.25. The highest BCUT2D eigenvalue weighted by molar-refractivity contribution is 7.10. The summed E-state index contributed by atoms with van der Waals surface area (Å²) < 4.78 is 5.96. The third-order valence-electron chi connectivity index (χ3n) is 6.17. The van der Waals surface area contributed by atoms with E-state index in [1.54, 1.807) is 11.3 Å². The SMILES string of the molecule is Cc1cc2oc(C(=O)NC[C@H](c3cccs3)N3CCCCCC3)c(C)c2cc1C. The number of furan rings is 1. The summed E-state index contributed by atoms with van der Waals surface area (Å²) in [4.78, 5) is 16.9. The largest absolute Gasteiger partial charge is 0.451 e. The van der Waals surface area contributed by atoms with Crippen molar-refractivity contribution in [3.05, 3.63) is 57.0 Å². The first-order valence-electron chi connectivity index (χ1n) is 10.6. The van der Waals surface area contributed by atoms with E-state index in [-0.39, 0.29) is 11.9 Å². The van der Waals surface area contributed by atoms with Crippen LogP contribution in [0.1, 0.15) is 63.8 Å². The number of aryl methyl sites for hydroxylation is 3. The second-order valence-corrected chi connectivity index (χ2v) is 9.16. The first-order valence-corrected chi connectivity index (χ1v) is 11.5. The number of likely N-dealkylation sites (tertiary alicyclic amines) is 1. The molecule has 1 atom stereocenters. The van der Waals surface area contributed by atoms with Crippen LogP contribution in [0.15, 0.2) is 34.1 Å². The summed E-state index contributed by atoms with van der Waals surface area (Å²) >= 11 is 1.77. The minimum atomic E-state index is -0.120. The van der Waals surface area contributed by atoms with Crippen LogP contribution in [-0.2, 0) is 0 Å². The van der Waals surface area contributed by atoms with E-state index in [2.05, 4.69) is 47.6 Å². The molecule has 0 bridgehead atoms. The van der Waals surface area contributed by atoms with E-state index in [0.29, 0.717) is 12.3 Å². The second kappa shape index (κ2) is 8.72. The Morgan fingerprint density at radius 2 is 1.86 bits per heavy atom. The van der Waals surface area contributed by atoms with E-state index in [1.165, 1.54) is 41.7 Å². The van der Waals surface area contributed by atoms with Crippen molar-refractivity contribution in [2.45, 2.75) is 52.5 Å². The third kappa shape index (κ3) is 4.26. The molecular formula is C24H30N2O2S. The molecule has 1 saturated heterocycles. The maximum atomic E-state index is 13.0. The van der Waals surface area contributed by atoms with Gasteiger partial charge < -0.3 is 9.73 Å². The van der Waals surface area contributed by atoms with Crippen LogP contribution in [0.2, 0.25) is 0 Å². The topological polar surface area (TPSA) is 45.5 Å². The van der Waals surface area contributed by atoms with Gasteiger partial charge >= 0.3 is 0 Å². The molecule has 0 unspecified atom stereocenters. The number of nitrogens with one attached hydrogen (secondary N) is 1. The summed E-state index contributed by atoms with van der Waals surface area (Å²) in [7, 11) is 0. The number of nitrogens with zero attached hydrogens (tertiary/aromatic N) is 1. The number of amides is 1. The number of fused-ring (bicyclic) bond motifs is 1. The van der Waals surface area contributed by atoms with Crippen molar-refractivity contribution < 1.29 is 9.21 Å². The molecule has 1 aliphatic rings. The monoisotopic (exact) mass is 410 g/mol. The Balaban J connectivity index is 1.53. The predicted octanol–water partition coefficient (Wildman–Crippen LogP) is 5.77. The molecule has 4 rings (SSSR count). The number of rotatable bonds is 5. The normalized spacial score (nSPS) is 16.7. The Labute approximate surface area is 176 Å². The standard InChI is InChI=1S/C24H30N2O2S/c1-16-13-19-18(3)23(28-21(19)14-17(16)2)24(27)25-15-20(22-9-8-12-29-22)26-10-6-4-5-7-11-26/h8-9,12-14,20H,4-7,10-11,15H2,1-3H3,(H,25,27)/t20-/m1/s1. The van der Waals surface area contributed by atoms with Crippen LogP contribution in [0, 0.1) is 20.8 Å². The number of carbonyl (C=O) groups is 1. The maximum absolute atomic E-state index is 13.0. The van der Waals surface area contributed by atoms with Gasteiger partial charge in [0.1, 0.15) is 5.58 Å². The first kappa shape index (κ1) is 20.2. The van der Waals surface area contributed by atoms with Crippen molar-refractivity contribution in [1.82, 2.24) is 10.2 Å². The van der Waals surface area contributed by atoms with Gasteiger partial charge in [0, 0.05) is 22.4 Å². The van der Waals surface area contributed by atoms with Crippen LogP contribution in [0.5, 0.6) is 0 Å². The Morgan fingerprint density at radius 3 is 2.55 bits per heavy atom. The van der Waals surface area contributed by atoms with E-state index in [9.17, 15) is 4.79 Å². The summed E-state index contributed by atoms with van der Waals surface area (Å²) in [5.74, 6) is 0.316. The molecule has 2 aromatic heterocycles. The molecule has 1 fully saturated rings. The number of carbonyl (C=O) groups excluding carboxylic acids is 1. The van der Waals surface area contributed by atoms with Crippen LogP contribution >= 0.6 is 11.3 Å². The molecule has 1 aliphatic heterocycles. The lowest BCUT2D eigenvalue weighted by atomic mass is 10.0. The van der Waals surface area contributed by atoms with Gasteiger partial charge in [-0.15, -0.1) is 11.3 Å². The lowest BCUT2D eigenvalue weighted by molar-refractivity contribution is 0.0907. The number of benzene rings is 1. The zero-order valence-electron chi connectivity index (χ0n) is 17.6. The Bertz CT molecular complexity index is 982. The van der Waals surface area contributed by atoms with Gasteiger partial charge in [-0.2, -0.15) is 0 Å². The van der Waals surface area contributed by atoms with Gasteiger partial charge in [0.05, 0.1) is 6.04 Å². The van der Waals surface area contributed by atoms with Gasteiger partial charge in [-0.25, -0.2) is 0 Å². The molecule has 29 heavy (non-hydrogen) atoms. The van der Waals surface area contributed by atoms with E-state index in [1.807, 2.05) is 13.0 Å². The first-order chi connectivity index (χ1) is 14.0. The molecule has 0 spiro atoms. The van der Waals surface area contributed by atoms with Crippen molar-refractivity contribution >= 4 is 28.2 Å². The molecule has 0 aliphatic carbocycles. The molecular weight excluding hydrogens is 380 g/mol. The molecule has 0 saturated carbocycles. The van der Waals surface area contributed by atoms with E-state index in [0.717, 1.165) is 29.6 Å². The summed E-state index contributed by atoms with van der Waals surface area (Å²) in [6.07, 6.45) is 5.07. The number of hydrogen-bond donors (Lipinski definition) is 1. The van der Waals surface area contributed by atoms with Crippen molar-refractivity contribution in [2.75, 3.05) is 19.6 Å². The quantitative estimate of drug-likeness (QED) is 0.581. The molecule has 0 radical (unpaired) electrons. The number of hydrogen-bond acceptors (Lipinski definition) is 4. The second-order valence-electron chi connectivity index (χ2n) is 8.18. The zero-order valence-corrected chi connectivity index (χ0v) is 18.4. The minimum Gasteiger partial charge on any atom is -0.451 e. The molecule has 3 aromatic rings. The summed E-state index contributed by atoms with van der Waals surface area (Å²) in [6.45, 7) is 8.93. The van der Waals surface area contributed by atoms with E-state index < -0.39 is 0 Å². The highest BCUT2D eigenvalue weighted by Crippen LogP contribution is 2.29. The highest BCUT2D eigenvalue weighted by atomic mass is 32.1. The van der Waals surface area contributed by atoms with Gasteiger partial charge in [-0.05, 0) is 81.4 Å². The fourth-order valence-electron chi connectivity index (χ4n) is 4.26. The van der Waals surface area contributed by atoms with Crippen LogP contribution < -0.4 is 5.32 Å². The zero-order chi connectivity index (χ0) is 20.4. The van der Waals surface area contributed by atoms with Gasteiger partial charge in [0.25, 0.3) is 5.91 Å². The van der Waals surface area contributed by atoms with Crippen LogP contribution in [0.3, 0.4) is 0 Å². The van der Waals surface area contributed by atoms with Crippen LogP contribution in [0.4, 0.5) is 0 Å². The summed E-state index contributed by atoms with van der Waals surface area (Å²) in [5, 5.41) is 6.32. The van der Waals surface area contributed by atoms with Crippen molar-refractivity contribution in [2.24, 2.45) is 0 Å². The van der Waals surface area contributed by atoms with Gasteiger partial charge in [0.2, 0.25) is 0 Å². The molecule has 154 valence electrons. The van der Waals surface area contributed by atoms with Crippen molar-refractivity contribution in [3.8, 4) is 0 Å². The summed E-state index contributed by atoms with van der Waals surface area (Å²) in [5.41, 5.74) is 4.10. The molecule has 1 N–H and O–H groups in total. The fourth-order valence-corrected chi connectivity index (χ4v) is 5.12. The Hall–Kier alpha value is -2.11. The average Bonchev–Trinajstić information content (AvgIpc) is 3.24. The Morgan fingerprint density at radius 1 is 1.14 bits per heavy atom. The molecule has 4 nitrogen and oxygen atoms in total. The third-order valence-corrected chi connectivity index (χ3v) is 7.14. The van der Waals surface area contributed by atoms with E-state index in [4.69, 9.17) is 4.42 Å². The smallest absolute Gasteiger partial charge is 0.287 e. The minimum absolute atomic E-state index is 0.120. The fraction of sp³-hybridized carbons (Fsp3) is 0.458. The van der Waals surface area contributed by atoms with Gasteiger partial charge in [-0.1, -0.05) is 18.9 Å². The average molecular weight is 411 g/mol. The molecule has 3 heterocycles. The lowest BCUT2D eigenvalue weighted by Crippen LogP contribution is -2.38. The number of thiophene rings is 1. The molecule has 1 aromatic carbocycles. The van der Waals surface area contributed by atoms with Crippen LogP contribution in [0.25, 0.3) is 11.0 Å². The van der Waals surface area contributed by atoms with Crippen molar-refractivity contribution in [3.63, 3.8) is 0 Å². The van der Waals surface area contributed by atoms with E-state index >= 15 is 0 Å². The summed E-state index contributed by atoms with van der Waals surface area (Å²) in [6, 6.07) is 8.66. The van der Waals surface area contributed by atoms with Gasteiger partial charge in [-0.3, -0.25) is 9.69 Å². The molecule has 1 amide bonds.